The van der Waals surface area contributed by atoms with Crippen LogP contribution in [0.15, 0.2) is 42.5 Å². The van der Waals surface area contributed by atoms with Crippen LogP contribution in [0.1, 0.15) is 5.56 Å². The van der Waals surface area contributed by atoms with Crippen molar-refractivity contribution in [3.05, 3.63) is 48.0 Å². The van der Waals surface area contributed by atoms with Crippen LogP contribution in [0.3, 0.4) is 0 Å². The topological polar surface area (TPSA) is 48.0 Å². The molecule has 0 fully saturated rings. The lowest BCUT2D eigenvalue weighted by atomic mass is 10.1. The summed E-state index contributed by atoms with van der Waals surface area (Å²) in [5.41, 5.74) is 1.65. The molecule has 0 aliphatic carbocycles. The third-order valence-corrected chi connectivity index (χ3v) is 3.87. The van der Waals surface area contributed by atoms with Crippen molar-refractivity contribution < 1.29 is 19.0 Å². The van der Waals surface area contributed by atoms with E-state index < -0.39 is 0 Å². The molecule has 0 radical (unpaired) electrons. The molecule has 120 valence electrons. The number of para-hydroxylation sites is 2. The van der Waals surface area contributed by atoms with Crippen molar-refractivity contribution in [2.75, 3.05) is 32.3 Å². The van der Waals surface area contributed by atoms with Gasteiger partial charge in [0.25, 0.3) is 0 Å². The summed E-state index contributed by atoms with van der Waals surface area (Å²) >= 11 is 0. The minimum Gasteiger partial charge on any atom is -0.497 e. The van der Waals surface area contributed by atoms with Crippen molar-refractivity contribution in [2.24, 2.45) is 0 Å². The second-order valence-electron chi connectivity index (χ2n) is 5.22. The Kier molecular flexibility index (Phi) is 4.37. The van der Waals surface area contributed by atoms with Gasteiger partial charge in [-0.05, 0) is 18.2 Å². The zero-order valence-corrected chi connectivity index (χ0v) is 13.2. The van der Waals surface area contributed by atoms with Gasteiger partial charge in [-0.25, -0.2) is 0 Å². The number of ether oxygens (including phenoxy) is 3. The van der Waals surface area contributed by atoms with E-state index in [0.717, 1.165) is 17.0 Å². The summed E-state index contributed by atoms with van der Waals surface area (Å²) in [5, 5.41) is 0. The molecule has 1 heterocycles. The Bertz CT molecular complexity index is 714. The fourth-order valence-corrected chi connectivity index (χ4v) is 2.68. The smallest absolute Gasteiger partial charge is 0.231 e. The lowest BCUT2D eigenvalue weighted by Gasteiger charge is -2.29. The molecule has 1 aliphatic heterocycles. The molecule has 2 aromatic carbocycles. The number of nitrogens with zero attached hydrogens (tertiary/aromatic N) is 1. The molecule has 0 saturated heterocycles. The van der Waals surface area contributed by atoms with Crippen LogP contribution in [0.5, 0.6) is 17.2 Å². The van der Waals surface area contributed by atoms with Crippen LogP contribution in [-0.4, -0.2) is 33.3 Å². The van der Waals surface area contributed by atoms with Gasteiger partial charge in [0.05, 0.1) is 32.9 Å². The van der Waals surface area contributed by atoms with Crippen LogP contribution in [0.2, 0.25) is 0 Å². The molecule has 1 aliphatic rings. The SMILES string of the molecule is COc1ccc(CC(=O)N2CCOc3ccccc32)c(OC)c1. The predicted molar refractivity (Wildman–Crippen MR) is 87.5 cm³/mol. The molecule has 5 nitrogen and oxygen atoms in total. The van der Waals surface area contributed by atoms with Crippen molar-refractivity contribution in [2.45, 2.75) is 6.42 Å². The Morgan fingerprint density at radius 3 is 2.78 bits per heavy atom. The number of hydrogen-bond acceptors (Lipinski definition) is 4. The van der Waals surface area contributed by atoms with Crippen LogP contribution in [0, 0.1) is 0 Å². The van der Waals surface area contributed by atoms with Gasteiger partial charge < -0.3 is 19.1 Å². The maximum absolute atomic E-state index is 12.7. The van der Waals surface area contributed by atoms with Crippen LogP contribution in [-0.2, 0) is 11.2 Å². The molecule has 0 atom stereocenters. The summed E-state index contributed by atoms with van der Waals surface area (Å²) in [5.74, 6) is 2.12. The van der Waals surface area contributed by atoms with E-state index in [9.17, 15) is 4.79 Å². The number of rotatable bonds is 4. The largest absolute Gasteiger partial charge is 0.497 e. The molecule has 1 amide bonds. The molecule has 0 aromatic heterocycles. The molecule has 0 spiro atoms. The number of carbonyl (C=O) groups excluding carboxylic acids is 1. The monoisotopic (exact) mass is 313 g/mol. The maximum atomic E-state index is 12.7. The first-order valence-corrected chi connectivity index (χ1v) is 7.46. The number of benzene rings is 2. The zero-order chi connectivity index (χ0) is 16.2. The van der Waals surface area contributed by atoms with Crippen LogP contribution in [0.4, 0.5) is 5.69 Å². The Morgan fingerprint density at radius 1 is 1.17 bits per heavy atom. The van der Waals surface area contributed by atoms with E-state index in [1.807, 2.05) is 36.4 Å². The summed E-state index contributed by atoms with van der Waals surface area (Å²) in [7, 11) is 3.19. The first-order chi connectivity index (χ1) is 11.2. The van der Waals surface area contributed by atoms with Crippen molar-refractivity contribution in [3.8, 4) is 17.2 Å². The highest BCUT2D eigenvalue weighted by Gasteiger charge is 2.24. The number of methoxy groups -OCH3 is 2. The predicted octanol–water partition coefficient (Wildman–Crippen LogP) is 2.67. The van der Waals surface area contributed by atoms with Crippen LogP contribution >= 0.6 is 0 Å². The molecule has 2 aromatic rings. The molecular formula is C18H19NO4. The van der Waals surface area contributed by atoms with E-state index in [4.69, 9.17) is 14.2 Å². The molecule has 0 bridgehead atoms. The van der Waals surface area contributed by atoms with Gasteiger partial charge in [-0.15, -0.1) is 0 Å². The van der Waals surface area contributed by atoms with E-state index >= 15 is 0 Å². The highest BCUT2D eigenvalue weighted by molar-refractivity contribution is 5.96. The highest BCUT2D eigenvalue weighted by atomic mass is 16.5. The quantitative estimate of drug-likeness (QED) is 0.871. The van der Waals surface area contributed by atoms with Crippen molar-refractivity contribution >= 4 is 11.6 Å². The molecule has 0 N–H and O–H groups in total. The van der Waals surface area contributed by atoms with E-state index in [2.05, 4.69) is 0 Å². The fraction of sp³-hybridized carbons (Fsp3) is 0.278. The lowest BCUT2D eigenvalue weighted by molar-refractivity contribution is -0.118. The van der Waals surface area contributed by atoms with Gasteiger partial charge in [0.1, 0.15) is 23.9 Å². The van der Waals surface area contributed by atoms with Gasteiger partial charge in [-0.1, -0.05) is 18.2 Å². The maximum Gasteiger partial charge on any atom is 0.231 e. The van der Waals surface area contributed by atoms with Gasteiger partial charge in [0, 0.05) is 11.6 Å². The second kappa shape index (κ2) is 6.60. The normalized spacial score (nSPS) is 13.0. The third-order valence-electron chi connectivity index (χ3n) is 3.87. The Labute approximate surface area is 135 Å². The van der Waals surface area contributed by atoms with E-state index in [1.165, 1.54) is 0 Å². The van der Waals surface area contributed by atoms with E-state index in [0.29, 0.717) is 24.7 Å². The van der Waals surface area contributed by atoms with Crippen LogP contribution in [0.25, 0.3) is 0 Å². The number of carbonyl (C=O) groups is 1. The number of anilines is 1. The molecule has 0 saturated carbocycles. The van der Waals surface area contributed by atoms with Crippen molar-refractivity contribution in [1.82, 2.24) is 0 Å². The standard InChI is InChI=1S/C18H19NO4/c1-21-14-8-7-13(17(12-14)22-2)11-18(20)19-9-10-23-16-6-4-3-5-15(16)19/h3-8,12H,9-11H2,1-2H3. The molecule has 0 unspecified atom stereocenters. The number of fused-ring (bicyclic) bond motifs is 1. The summed E-state index contributed by atoms with van der Waals surface area (Å²) in [4.78, 5) is 14.5. The van der Waals surface area contributed by atoms with Crippen LogP contribution < -0.4 is 19.1 Å². The third kappa shape index (κ3) is 3.08. The minimum absolute atomic E-state index is 0.0178. The second-order valence-corrected chi connectivity index (χ2v) is 5.22. The molecule has 5 heteroatoms. The van der Waals surface area contributed by atoms with Crippen molar-refractivity contribution in [1.29, 1.82) is 0 Å². The number of hydrogen-bond donors (Lipinski definition) is 0. The van der Waals surface area contributed by atoms with Gasteiger partial charge in [0.15, 0.2) is 0 Å². The lowest BCUT2D eigenvalue weighted by Crippen LogP contribution is -2.38. The Balaban J connectivity index is 1.83. The average molecular weight is 313 g/mol. The summed E-state index contributed by atoms with van der Waals surface area (Å²) < 4.78 is 16.2. The van der Waals surface area contributed by atoms with Crippen molar-refractivity contribution in [3.63, 3.8) is 0 Å². The van der Waals surface area contributed by atoms with E-state index in [1.54, 1.807) is 25.2 Å². The summed E-state index contributed by atoms with van der Waals surface area (Å²) in [6.45, 7) is 1.05. The summed E-state index contributed by atoms with van der Waals surface area (Å²) in [6, 6.07) is 13.1. The molecule has 23 heavy (non-hydrogen) atoms. The first kappa shape index (κ1) is 15.2. The molecule has 3 rings (SSSR count). The number of amides is 1. The Hall–Kier alpha value is -2.69. The van der Waals surface area contributed by atoms with Gasteiger partial charge in [0.2, 0.25) is 5.91 Å². The van der Waals surface area contributed by atoms with Gasteiger partial charge in [-0.2, -0.15) is 0 Å². The zero-order valence-electron chi connectivity index (χ0n) is 13.2. The highest BCUT2D eigenvalue weighted by Crippen LogP contribution is 2.32. The van der Waals surface area contributed by atoms with E-state index in [-0.39, 0.29) is 12.3 Å². The Morgan fingerprint density at radius 2 is 2.00 bits per heavy atom. The molecular weight excluding hydrogens is 294 g/mol. The summed E-state index contributed by atoms with van der Waals surface area (Å²) in [6.07, 6.45) is 0.265. The minimum atomic E-state index is 0.0178. The fourth-order valence-electron chi connectivity index (χ4n) is 2.68. The average Bonchev–Trinajstić information content (AvgIpc) is 2.61. The first-order valence-electron chi connectivity index (χ1n) is 7.46. The van der Waals surface area contributed by atoms with Gasteiger partial charge >= 0.3 is 0 Å². The van der Waals surface area contributed by atoms with Gasteiger partial charge in [-0.3, -0.25) is 4.79 Å².